The molecule has 0 atom stereocenters. The summed E-state index contributed by atoms with van der Waals surface area (Å²) in [6.07, 6.45) is 0. The van der Waals surface area contributed by atoms with Crippen LogP contribution >= 0.6 is 0 Å². The molecule has 2 aromatic carbocycles. The highest BCUT2D eigenvalue weighted by Gasteiger charge is 1.97. The van der Waals surface area contributed by atoms with E-state index in [-0.39, 0.29) is 0 Å². The van der Waals surface area contributed by atoms with Gasteiger partial charge >= 0.3 is 0 Å². The molecule has 2 nitrogen and oxygen atoms in total. The number of hydrogen-bond acceptors (Lipinski definition) is 2. The zero-order valence-corrected chi connectivity index (χ0v) is 10.6. The Labute approximate surface area is 108 Å². The molecular weight excluding hydrogens is 220 g/mol. The Morgan fingerprint density at radius 1 is 0.944 bits per heavy atom. The van der Waals surface area contributed by atoms with Crippen LogP contribution < -0.4 is 5.73 Å². The molecule has 2 rings (SSSR count). The van der Waals surface area contributed by atoms with E-state index in [2.05, 4.69) is 41.4 Å². The molecule has 0 amide bonds. The number of hydrogen-bond donors (Lipinski definition) is 1. The molecule has 0 fully saturated rings. The predicted molar refractivity (Wildman–Crippen MR) is 76.7 cm³/mol. The molecule has 92 valence electrons. The van der Waals surface area contributed by atoms with Crippen molar-refractivity contribution in [3.05, 3.63) is 71.3 Å². The van der Waals surface area contributed by atoms with Gasteiger partial charge in [0.1, 0.15) is 0 Å². The largest absolute Gasteiger partial charge is 0.326 e. The number of nitrogens with zero attached hydrogens (tertiary/aromatic N) is 1. The van der Waals surface area contributed by atoms with Crippen molar-refractivity contribution in [2.75, 3.05) is 0 Å². The Bertz CT molecular complexity index is 513. The molecule has 0 aliphatic carbocycles. The third-order valence-electron chi connectivity index (χ3n) is 2.95. The average Bonchev–Trinajstić information content (AvgIpc) is 2.46. The summed E-state index contributed by atoms with van der Waals surface area (Å²) in [7, 11) is 0. The molecule has 2 N–H and O–H groups in total. The van der Waals surface area contributed by atoms with E-state index in [9.17, 15) is 0 Å². The lowest BCUT2D eigenvalue weighted by molar-refractivity contribution is 1.06. The van der Waals surface area contributed by atoms with Gasteiger partial charge in [-0.15, -0.1) is 0 Å². The number of nitrogens with two attached hydrogens (primary N) is 1. The summed E-state index contributed by atoms with van der Waals surface area (Å²) in [4.78, 5) is 4.61. The minimum absolute atomic E-state index is 0.584. The maximum absolute atomic E-state index is 5.58. The maximum atomic E-state index is 5.58. The van der Waals surface area contributed by atoms with Crippen LogP contribution in [-0.4, -0.2) is 5.71 Å². The molecule has 0 unspecified atom stereocenters. The third kappa shape index (κ3) is 3.28. The first-order valence-electron chi connectivity index (χ1n) is 6.14. The maximum Gasteiger partial charge on any atom is 0.0643 e. The Hall–Kier alpha value is -1.93. The Morgan fingerprint density at radius 3 is 2.22 bits per heavy atom. The molecule has 0 saturated carbocycles. The first-order valence-corrected chi connectivity index (χ1v) is 6.14. The lowest BCUT2D eigenvalue weighted by atomic mass is 10.1. The molecule has 0 spiro atoms. The van der Waals surface area contributed by atoms with Crippen molar-refractivity contribution in [1.29, 1.82) is 0 Å². The lowest BCUT2D eigenvalue weighted by Gasteiger charge is -2.03. The minimum Gasteiger partial charge on any atom is -0.326 e. The van der Waals surface area contributed by atoms with Gasteiger partial charge in [-0.25, -0.2) is 0 Å². The van der Waals surface area contributed by atoms with Crippen LogP contribution in [0.1, 0.15) is 23.6 Å². The van der Waals surface area contributed by atoms with Crippen LogP contribution in [0.2, 0.25) is 0 Å². The monoisotopic (exact) mass is 238 g/mol. The molecule has 18 heavy (non-hydrogen) atoms. The van der Waals surface area contributed by atoms with Crippen LogP contribution in [0.25, 0.3) is 0 Å². The summed E-state index contributed by atoms with van der Waals surface area (Å²) in [5.41, 5.74) is 10.2. The molecule has 0 aliphatic rings. The van der Waals surface area contributed by atoms with Crippen LogP contribution in [0.15, 0.2) is 59.6 Å². The van der Waals surface area contributed by atoms with E-state index in [1.54, 1.807) is 0 Å². The quantitative estimate of drug-likeness (QED) is 0.816. The van der Waals surface area contributed by atoms with E-state index < -0.39 is 0 Å². The molecule has 2 heteroatoms. The van der Waals surface area contributed by atoms with E-state index in [0.29, 0.717) is 6.54 Å². The Balaban J connectivity index is 2.08. The van der Waals surface area contributed by atoms with Crippen molar-refractivity contribution in [3.8, 4) is 0 Å². The summed E-state index contributed by atoms with van der Waals surface area (Å²) < 4.78 is 0. The molecule has 0 radical (unpaired) electrons. The molecule has 0 aromatic heterocycles. The second-order valence-electron chi connectivity index (χ2n) is 4.29. The molecule has 2 aromatic rings. The summed E-state index contributed by atoms with van der Waals surface area (Å²) in [5.74, 6) is 0. The summed E-state index contributed by atoms with van der Waals surface area (Å²) in [6.45, 7) is 3.35. The fourth-order valence-electron chi connectivity index (χ4n) is 1.77. The number of aliphatic imine (C=N–C) groups is 1. The summed E-state index contributed by atoms with van der Waals surface area (Å²) in [5, 5.41) is 0. The zero-order valence-electron chi connectivity index (χ0n) is 10.6. The SMILES string of the molecule is CC(=NCc1ccccc1)c1ccc(CN)cc1. The van der Waals surface area contributed by atoms with E-state index in [0.717, 1.165) is 23.4 Å². The summed E-state index contributed by atoms with van der Waals surface area (Å²) in [6, 6.07) is 18.5. The van der Waals surface area contributed by atoms with E-state index in [1.807, 2.05) is 25.1 Å². The third-order valence-corrected chi connectivity index (χ3v) is 2.95. The first kappa shape index (κ1) is 12.5. The van der Waals surface area contributed by atoms with Gasteiger partial charge in [0.05, 0.1) is 6.54 Å². The normalized spacial score (nSPS) is 11.6. The first-order chi connectivity index (χ1) is 8.79. The summed E-state index contributed by atoms with van der Waals surface area (Å²) >= 11 is 0. The fourth-order valence-corrected chi connectivity index (χ4v) is 1.77. The highest BCUT2D eigenvalue weighted by molar-refractivity contribution is 5.98. The van der Waals surface area contributed by atoms with Crippen molar-refractivity contribution >= 4 is 5.71 Å². The molecular formula is C16H18N2. The Kier molecular flexibility index (Phi) is 4.26. The van der Waals surface area contributed by atoms with Gasteiger partial charge in [0.2, 0.25) is 0 Å². The van der Waals surface area contributed by atoms with E-state index in [1.165, 1.54) is 5.56 Å². The van der Waals surface area contributed by atoms with Gasteiger partial charge in [0.15, 0.2) is 0 Å². The standard InChI is InChI=1S/C16H18N2/c1-13(16-9-7-14(11-17)8-10-16)18-12-15-5-3-2-4-6-15/h2-10H,11-12,17H2,1H3. The van der Waals surface area contributed by atoms with Crippen LogP contribution in [0.4, 0.5) is 0 Å². The predicted octanol–water partition coefficient (Wildman–Crippen LogP) is 3.15. The van der Waals surface area contributed by atoms with E-state index >= 15 is 0 Å². The van der Waals surface area contributed by atoms with E-state index in [4.69, 9.17) is 5.73 Å². The van der Waals surface area contributed by atoms with Crippen LogP contribution in [0.3, 0.4) is 0 Å². The fraction of sp³-hybridized carbons (Fsp3) is 0.188. The molecule has 0 heterocycles. The number of benzene rings is 2. The number of rotatable bonds is 4. The van der Waals surface area contributed by atoms with Crippen molar-refractivity contribution in [1.82, 2.24) is 0 Å². The van der Waals surface area contributed by atoms with Gasteiger partial charge in [0, 0.05) is 12.3 Å². The van der Waals surface area contributed by atoms with Crippen molar-refractivity contribution < 1.29 is 0 Å². The Morgan fingerprint density at radius 2 is 1.61 bits per heavy atom. The zero-order chi connectivity index (χ0) is 12.8. The van der Waals surface area contributed by atoms with Crippen LogP contribution in [-0.2, 0) is 13.1 Å². The van der Waals surface area contributed by atoms with Crippen molar-refractivity contribution in [2.24, 2.45) is 10.7 Å². The second kappa shape index (κ2) is 6.12. The topological polar surface area (TPSA) is 38.4 Å². The van der Waals surface area contributed by atoms with Gasteiger partial charge < -0.3 is 5.73 Å². The van der Waals surface area contributed by atoms with Gasteiger partial charge in [-0.1, -0.05) is 54.6 Å². The lowest BCUT2D eigenvalue weighted by Crippen LogP contribution is -1.99. The highest BCUT2D eigenvalue weighted by Crippen LogP contribution is 2.07. The van der Waals surface area contributed by atoms with Gasteiger partial charge in [-0.2, -0.15) is 0 Å². The van der Waals surface area contributed by atoms with Gasteiger partial charge in [-0.3, -0.25) is 4.99 Å². The van der Waals surface area contributed by atoms with Crippen molar-refractivity contribution in [2.45, 2.75) is 20.0 Å². The molecule has 0 aliphatic heterocycles. The minimum atomic E-state index is 0.584. The average molecular weight is 238 g/mol. The van der Waals surface area contributed by atoms with Crippen LogP contribution in [0, 0.1) is 0 Å². The molecule has 0 saturated heterocycles. The van der Waals surface area contributed by atoms with Gasteiger partial charge in [0.25, 0.3) is 0 Å². The second-order valence-corrected chi connectivity index (χ2v) is 4.29. The van der Waals surface area contributed by atoms with Gasteiger partial charge in [-0.05, 0) is 23.6 Å². The smallest absolute Gasteiger partial charge is 0.0643 e. The van der Waals surface area contributed by atoms with Crippen molar-refractivity contribution in [3.63, 3.8) is 0 Å². The molecule has 0 bridgehead atoms. The van der Waals surface area contributed by atoms with Crippen LogP contribution in [0.5, 0.6) is 0 Å². The highest BCUT2D eigenvalue weighted by atomic mass is 14.7.